The molecule has 18 heavy (non-hydrogen) atoms. The van der Waals surface area contributed by atoms with Gasteiger partial charge in [-0.05, 0) is 43.2 Å². The fraction of sp³-hybridized carbons (Fsp3) is 0.200. The summed E-state index contributed by atoms with van der Waals surface area (Å²) >= 11 is 12.2. The number of benzene rings is 2. The van der Waals surface area contributed by atoms with Gasteiger partial charge in [-0.1, -0.05) is 53.0 Å². The van der Waals surface area contributed by atoms with Crippen molar-refractivity contribution in [2.24, 2.45) is 5.73 Å². The van der Waals surface area contributed by atoms with Crippen molar-refractivity contribution < 1.29 is 0 Å². The molecule has 3 heteroatoms. The van der Waals surface area contributed by atoms with E-state index in [1.807, 2.05) is 44.2 Å². The van der Waals surface area contributed by atoms with Gasteiger partial charge in [0.15, 0.2) is 0 Å². The fourth-order valence-electron chi connectivity index (χ4n) is 1.95. The molecular formula is C15H15Cl2N. The zero-order chi connectivity index (χ0) is 13.3. The van der Waals surface area contributed by atoms with Crippen molar-refractivity contribution in [2.45, 2.75) is 19.4 Å². The zero-order valence-corrected chi connectivity index (χ0v) is 11.9. The lowest BCUT2D eigenvalue weighted by molar-refractivity contribution is 0.603. The normalized spacial score (nSPS) is 14.3. The lowest BCUT2D eigenvalue weighted by Crippen LogP contribution is -2.34. The van der Waals surface area contributed by atoms with Crippen LogP contribution in [0.15, 0.2) is 42.5 Å². The maximum Gasteiger partial charge on any atom is 0.0652 e. The summed E-state index contributed by atoms with van der Waals surface area (Å²) in [5, 5.41) is 1.27. The number of aryl methyl sites for hydroxylation is 1. The topological polar surface area (TPSA) is 26.0 Å². The molecular weight excluding hydrogens is 265 g/mol. The van der Waals surface area contributed by atoms with Crippen LogP contribution in [0, 0.1) is 6.92 Å². The lowest BCUT2D eigenvalue weighted by atomic mass is 9.85. The van der Waals surface area contributed by atoms with Gasteiger partial charge in [-0.25, -0.2) is 0 Å². The van der Waals surface area contributed by atoms with Crippen molar-refractivity contribution in [3.63, 3.8) is 0 Å². The molecule has 2 aromatic rings. The molecule has 0 aromatic heterocycles. The molecule has 0 radical (unpaired) electrons. The standard InChI is InChI=1S/C15H15Cl2N/c1-10-3-5-11(6-4-10)15(2,18)13-9-12(16)7-8-14(13)17/h3-9H,18H2,1-2H3. The van der Waals surface area contributed by atoms with Gasteiger partial charge < -0.3 is 5.73 Å². The molecule has 94 valence electrons. The van der Waals surface area contributed by atoms with Crippen molar-refractivity contribution in [3.8, 4) is 0 Å². The molecule has 0 aliphatic carbocycles. The molecule has 0 fully saturated rings. The van der Waals surface area contributed by atoms with E-state index in [4.69, 9.17) is 28.9 Å². The molecule has 0 saturated carbocycles. The quantitative estimate of drug-likeness (QED) is 0.859. The Bertz CT molecular complexity index is 559. The number of halogens is 2. The van der Waals surface area contributed by atoms with Crippen LogP contribution in [0.25, 0.3) is 0 Å². The monoisotopic (exact) mass is 279 g/mol. The van der Waals surface area contributed by atoms with E-state index in [1.54, 1.807) is 12.1 Å². The Morgan fingerprint density at radius 2 is 1.61 bits per heavy atom. The van der Waals surface area contributed by atoms with Crippen LogP contribution in [0.1, 0.15) is 23.6 Å². The van der Waals surface area contributed by atoms with Crippen LogP contribution in [-0.4, -0.2) is 0 Å². The maximum atomic E-state index is 6.44. The smallest absolute Gasteiger partial charge is 0.0652 e. The minimum Gasteiger partial charge on any atom is -0.318 e. The molecule has 1 atom stereocenters. The predicted molar refractivity (Wildman–Crippen MR) is 78.3 cm³/mol. The molecule has 0 bridgehead atoms. The molecule has 0 heterocycles. The molecule has 0 aliphatic rings. The van der Waals surface area contributed by atoms with Gasteiger partial charge in [-0.3, -0.25) is 0 Å². The van der Waals surface area contributed by atoms with Gasteiger partial charge in [0.1, 0.15) is 0 Å². The van der Waals surface area contributed by atoms with Crippen molar-refractivity contribution in [3.05, 3.63) is 69.2 Å². The Labute approximate surface area is 118 Å². The van der Waals surface area contributed by atoms with Crippen molar-refractivity contribution in [1.29, 1.82) is 0 Å². The first-order chi connectivity index (χ1) is 8.41. The van der Waals surface area contributed by atoms with Gasteiger partial charge in [-0.15, -0.1) is 0 Å². The summed E-state index contributed by atoms with van der Waals surface area (Å²) in [6.07, 6.45) is 0. The van der Waals surface area contributed by atoms with Crippen LogP contribution < -0.4 is 5.73 Å². The molecule has 2 aromatic carbocycles. The number of rotatable bonds is 2. The van der Waals surface area contributed by atoms with Crippen molar-refractivity contribution >= 4 is 23.2 Å². The summed E-state index contributed by atoms with van der Waals surface area (Å²) in [6.45, 7) is 3.99. The van der Waals surface area contributed by atoms with Gasteiger partial charge in [0.25, 0.3) is 0 Å². The first kappa shape index (κ1) is 13.4. The third-order valence-electron chi connectivity index (χ3n) is 3.14. The molecule has 0 aliphatic heterocycles. The predicted octanol–water partition coefficient (Wildman–Crippen LogP) is 4.52. The summed E-state index contributed by atoms with van der Waals surface area (Å²) in [4.78, 5) is 0. The molecule has 2 N–H and O–H groups in total. The first-order valence-corrected chi connectivity index (χ1v) is 6.48. The highest BCUT2D eigenvalue weighted by atomic mass is 35.5. The van der Waals surface area contributed by atoms with Crippen LogP contribution in [0.3, 0.4) is 0 Å². The van der Waals surface area contributed by atoms with E-state index < -0.39 is 5.54 Å². The SMILES string of the molecule is Cc1ccc(C(C)(N)c2cc(Cl)ccc2Cl)cc1. The van der Waals surface area contributed by atoms with Crippen molar-refractivity contribution in [2.75, 3.05) is 0 Å². The Morgan fingerprint density at radius 3 is 2.22 bits per heavy atom. The number of nitrogens with two attached hydrogens (primary N) is 1. The Hall–Kier alpha value is -1.02. The number of hydrogen-bond acceptors (Lipinski definition) is 1. The van der Waals surface area contributed by atoms with Crippen LogP contribution in [0.4, 0.5) is 0 Å². The minimum atomic E-state index is -0.657. The summed E-state index contributed by atoms with van der Waals surface area (Å²) in [5.74, 6) is 0. The second-order valence-corrected chi connectivity index (χ2v) is 5.54. The highest BCUT2D eigenvalue weighted by molar-refractivity contribution is 6.33. The molecule has 2 rings (SSSR count). The average Bonchev–Trinajstić information content (AvgIpc) is 2.32. The highest BCUT2D eigenvalue weighted by Crippen LogP contribution is 2.33. The first-order valence-electron chi connectivity index (χ1n) is 5.73. The summed E-state index contributed by atoms with van der Waals surface area (Å²) in [7, 11) is 0. The molecule has 0 saturated heterocycles. The van der Waals surface area contributed by atoms with Gasteiger partial charge >= 0.3 is 0 Å². The van der Waals surface area contributed by atoms with Gasteiger partial charge in [0.2, 0.25) is 0 Å². The van der Waals surface area contributed by atoms with Crippen LogP contribution in [0.2, 0.25) is 10.0 Å². The van der Waals surface area contributed by atoms with E-state index in [0.717, 1.165) is 11.1 Å². The van der Waals surface area contributed by atoms with Crippen LogP contribution >= 0.6 is 23.2 Å². The van der Waals surface area contributed by atoms with Crippen LogP contribution in [-0.2, 0) is 5.54 Å². The number of hydrogen-bond donors (Lipinski definition) is 1. The maximum absolute atomic E-state index is 6.44. The van der Waals surface area contributed by atoms with Crippen molar-refractivity contribution in [1.82, 2.24) is 0 Å². The minimum absolute atomic E-state index is 0.630. The Balaban J connectivity index is 2.53. The Morgan fingerprint density at radius 1 is 1.00 bits per heavy atom. The lowest BCUT2D eigenvalue weighted by Gasteiger charge is -2.27. The summed E-state index contributed by atoms with van der Waals surface area (Å²) < 4.78 is 0. The van der Waals surface area contributed by atoms with Gasteiger partial charge in [-0.2, -0.15) is 0 Å². The zero-order valence-electron chi connectivity index (χ0n) is 10.4. The van der Waals surface area contributed by atoms with Crippen LogP contribution in [0.5, 0.6) is 0 Å². The molecule has 1 unspecified atom stereocenters. The summed E-state index contributed by atoms with van der Waals surface area (Å²) in [5.41, 5.74) is 8.82. The van der Waals surface area contributed by atoms with E-state index in [2.05, 4.69) is 0 Å². The molecule has 1 nitrogen and oxygen atoms in total. The van der Waals surface area contributed by atoms with E-state index >= 15 is 0 Å². The Kier molecular flexibility index (Phi) is 3.67. The second kappa shape index (κ2) is 4.93. The molecule has 0 spiro atoms. The van der Waals surface area contributed by atoms with E-state index in [9.17, 15) is 0 Å². The van der Waals surface area contributed by atoms with Gasteiger partial charge in [0.05, 0.1) is 5.54 Å². The fourth-order valence-corrected chi connectivity index (χ4v) is 2.44. The van der Waals surface area contributed by atoms with E-state index in [1.165, 1.54) is 5.56 Å². The third-order valence-corrected chi connectivity index (χ3v) is 3.70. The highest BCUT2D eigenvalue weighted by Gasteiger charge is 2.26. The van der Waals surface area contributed by atoms with E-state index in [-0.39, 0.29) is 0 Å². The molecule has 0 amide bonds. The van der Waals surface area contributed by atoms with Gasteiger partial charge in [0, 0.05) is 10.0 Å². The second-order valence-electron chi connectivity index (χ2n) is 4.69. The average molecular weight is 280 g/mol. The van der Waals surface area contributed by atoms with E-state index in [0.29, 0.717) is 10.0 Å². The summed E-state index contributed by atoms with van der Waals surface area (Å²) in [6, 6.07) is 13.5. The third kappa shape index (κ3) is 2.54. The largest absolute Gasteiger partial charge is 0.318 e.